The second kappa shape index (κ2) is 8.98. The number of carbonyl (C=O) groups excluding carboxylic acids is 1. The van der Waals surface area contributed by atoms with E-state index in [0.29, 0.717) is 18.4 Å². The summed E-state index contributed by atoms with van der Waals surface area (Å²) in [4.78, 5) is 11.8. The zero-order chi connectivity index (χ0) is 14.9. The van der Waals surface area contributed by atoms with Gasteiger partial charge in [0.05, 0.1) is 12.4 Å². The Kier molecular flexibility index (Phi) is 6.93. The lowest BCUT2D eigenvalue weighted by molar-refractivity contribution is -0.119. The van der Waals surface area contributed by atoms with Crippen LogP contribution in [0, 0.1) is 6.92 Å². The predicted molar refractivity (Wildman–Crippen MR) is 89.0 cm³/mol. The van der Waals surface area contributed by atoms with Crippen LogP contribution in [0.1, 0.15) is 37.7 Å². The molecule has 21 heavy (non-hydrogen) atoms. The van der Waals surface area contributed by atoms with Crippen LogP contribution in [0.15, 0.2) is 24.3 Å². The number of aryl methyl sites for hydroxylation is 1. The van der Waals surface area contributed by atoms with Gasteiger partial charge >= 0.3 is 0 Å². The molecule has 2 rings (SSSR count). The van der Waals surface area contributed by atoms with Crippen LogP contribution in [0.25, 0.3) is 0 Å². The number of nitrogens with one attached hydrogen (secondary N) is 1. The minimum absolute atomic E-state index is 0.169. The number of benzene rings is 1. The summed E-state index contributed by atoms with van der Waals surface area (Å²) >= 11 is 1.64. The predicted octanol–water partition coefficient (Wildman–Crippen LogP) is 3.56. The summed E-state index contributed by atoms with van der Waals surface area (Å²) in [7, 11) is 0. The number of hydrogen-bond acceptors (Lipinski definition) is 3. The van der Waals surface area contributed by atoms with Crippen LogP contribution >= 0.6 is 11.8 Å². The molecule has 1 aromatic rings. The van der Waals surface area contributed by atoms with Crippen LogP contribution in [-0.4, -0.2) is 30.1 Å². The van der Waals surface area contributed by atoms with Gasteiger partial charge in [-0.05, 0) is 37.5 Å². The zero-order valence-electron chi connectivity index (χ0n) is 12.8. The highest BCUT2D eigenvalue weighted by atomic mass is 32.2. The molecule has 1 saturated carbocycles. The standard InChI is InChI=1S/C17H25NO2S/c1-14-6-5-9-16(12-14)20-10-11-21-13-17(19)18-15-7-3-2-4-8-15/h5-6,9,12,15H,2-4,7-8,10-11,13H2,1H3,(H,18,19). The van der Waals surface area contributed by atoms with Gasteiger partial charge in [-0.2, -0.15) is 0 Å². The Morgan fingerprint density at radius 3 is 2.90 bits per heavy atom. The molecule has 1 aliphatic rings. The first-order valence-corrected chi connectivity index (χ1v) is 8.96. The molecule has 0 aromatic heterocycles. The van der Waals surface area contributed by atoms with Crippen molar-refractivity contribution in [2.24, 2.45) is 0 Å². The SMILES string of the molecule is Cc1cccc(OCCSCC(=O)NC2CCCCC2)c1. The molecule has 0 radical (unpaired) electrons. The second-order valence-corrected chi connectivity index (χ2v) is 6.73. The summed E-state index contributed by atoms with van der Waals surface area (Å²) < 4.78 is 5.67. The Morgan fingerprint density at radius 1 is 1.33 bits per heavy atom. The van der Waals surface area contributed by atoms with Crippen molar-refractivity contribution in [2.45, 2.75) is 45.1 Å². The average molecular weight is 307 g/mol. The summed E-state index contributed by atoms with van der Waals surface area (Å²) in [5.74, 6) is 2.45. The Bertz CT molecular complexity index is 444. The van der Waals surface area contributed by atoms with E-state index >= 15 is 0 Å². The summed E-state index contributed by atoms with van der Waals surface area (Å²) in [5, 5.41) is 3.13. The fourth-order valence-corrected chi connectivity index (χ4v) is 3.22. The van der Waals surface area contributed by atoms with Crippen LogP contribution < -0.4 is 10.1 Å². The lowest BCUT2D eigenvalue weighted by Crippen LogP contribution is -2.37. The first kappa shape index (κ1) is 16.2. The monoisotopic (exact) mass is 307 g/mol. The van der Waals surface area contributed by atoms with Crippen molar-refractivity contribution in [1.82, 2.24) is 5.32 Å². The topological polar surface area (TPSA) is 38.3 Å². The van der Waals surface area contributed by atoms with Crippen molar-refractivity contribution in [3.05, 3.63) is 29.8 Å². The van der Waals surface area contributed by atoms with Crippen LogP contribution in [0.5, 0.6) is 5.75 Å². The molecule has 0 bridgehead atoms. The molecule has 0 saturated heterocycles. The van der Waals surface area contributed by atoms with E-state index in [1.54, 1.807) is 11.8 Å². The molecule has 1 aromatic carbocycles. The van der Waals surface area contributed by atoms with Crippen molar-refractivity contribution in [2.75, 3.05) is 18.1 Å². The molecule has 1 N–H and O–H groups in total. The molecule has 0 heterocycles. The third-order valence-electron chi connectivity index (χ3n) is 3.69. The molecule has 116 valence electrons. The summed E-state index contributed by atoms with van der Waals surface area (Å²) in [5.41, 5.74) is 1.20. The maximum Gasteiger partial charge on any atom is 0.230 e. The number of thioether (sulfide) groups is 1. The van der Waals surface area contributed by atoms with Gasteiger partial charge in [0.1, 0.15) is 5.75 Å². The minimum atomic E-state index is 0.169. The van der Waals surface area contributed by atoms with Gasteiger partial charge in [-0.1, -0.05) is 31.4 Å². The van der Waals surface area contributed by atoms with Crippen molar-refractivity contribution in [1.29, 1.82) is 0 Å². The van der Waals surface area contributed by atoms with E-state index in [0.717, 1.165) is 24.3 Å². The van der Waals surface area contributed by atoms with Gasteiger partial charge < -0.3 is 10.1 Å². The quantitative estimate of drug-likeness (QED) is 0.783. The van der Waals surface area contributed by atoms with E-state index in [9.17, 15) is 4.79 Å². The molecule has 1 aliphatic carbocycles. The van der Waals surface area contributed by atoms with Crippen molar-refractivity contribution >= 4 is 17.7 Å². The number of carbonyl (C=O) groups is 1. The maximum absolute atomic E-state index is 11.8. The molecule has 0 aliphatic heterocycles. The highest BCUT2D eigenvalue weighted by Gasteiger charge is 2.15. The number of ether oxygens (including phenoxy) is 1. The zero-order valence-corrected chi connectivity index (χ0v) is 13.6. The summed E-state index contributed by atoms with van der Waals surface area (Å²) in [6.07, 6.45) is 6.11. The molecule has 1 fully saturated rings. The fraction of sp³-hybridized carbons (Fsp3) is 0.588. The Balaban J connectivity index is 1.53. The lowest BCUT2D eigenvalue weighted by Gasteiger charge is -2.22. The van der Waals surface area contributed by atoms with Crippen LogP contribution in [0.4, 0.5) is 0 Å². The van der Waals surface area contributed by atoms with E-state index in [4.69, 9.17) is 4.74 Å². The van der Waals surface area contributed by atoms with Crippen molar-refractivity contribution in [3.8, 4) is 5.75 Å². The Labute approximate surface area is 131 Å². The average Bonchev–Trinajstić information content (AvgIpc) is 2.48. The van der Waals surface area contributed by atoms with Gasteiger partial charge in [0.15, 0.2) is 0 Å². The minimum Gasteiger partial charge on any atom is -0.493 e. The van der Waals surface area contributed by atoms with Crippen molar-refractivity contribution < 1.29 is 9.53 Å². The van der Waals surface area contributed by atoms with E-state index in [1.165, 1.54) is 24.8 Å². The highest BCUT2D eigenvalue weighted by molar-refractivity contribution is 7.99. The number of amides is 1. The first-order valence-electron chi connectivity index (χ1n) is 7.80. The molecule has 4 heteroatoms. The van der Waals surface area contributed by atoms with Gasteiger partial charge in [0, 0.05) is 11.8 Å². The third-order valence-corrected chi connectivity index (χ3v) is 4.61. The van der Waals surface area contributed by atoms with E-state index in [-0.39, 0.29) is 5.91 Å². The maximum atomic E-state index is 11.8. The van der Waals surface area contributed by atoms with Crippen LogP contribution in [0.2, 0.25) is 0 Å². The molecular formula is C17H25NO2S. The normalized spacial score (nSPS) is 15.7. The molecule has 1 amide bonds. The molecule has 0 atom stereocenters. The lowest BCUT2D eigenvalue weighted by atomic mass is 9.95. The number of rotatable bonds is 7. The van der Waals surface area contributed by atoms with Gasteiger partial charge in [-0.3, -0.25) is 4.79 Å². The molecular weight excluding hydrogens is 282 g/mol. The fourth-order valence-electron chi connectivity index (χ4n) is 2.60. The van der Waals surface area contributed by atoms with Crippen LogP contribution in [0.3, 0.4) is 0 Å². The number of hydrogen-bond donors (Lipinski definition) is 1. The Morgan fingerprint density at radius 2 is 2.14 bits per heavy atom. The third kappa shape index (κ3) is 6.42. The molecule has 0 spiro atoms. The van der Waals surface area contributed by atoms with Gasteiger partial charge in [0.25, 0.3) is 0 Å². The molecule has 0 unspecified atom stereocenters. The highest BCUT2D eigenvalue weighted by Crippen LogP contribution is 2.17. The second-order valence-electron chi connectivity index (χ2n) is 5.62. The van der Waals surface area contributed by atoms with E-state index in [1.807, 2.05) is 18.2 Å². The van der Waals surface area contributed by atoms with Gasteiger partial charge in [-0.15, -0.1) is 11.8 Å². The smallest absolute Gasteiger partial charge is 0.230 e. The van der Waals surface area contributed by atoms with E-state index < -0.39 is 0 Å². The van der Waals surface area contributed by atoms with Crippen LogP contribution in [-0.2, 0) is 4.79 Å². The van der Waals surface area contributed by atoms with Gasteiger partial charge in [-0.25, -0.2) is 0 Å². The summed E-state index contributed by atoms with van der Waals surface area (Å²) in [6, 6.07) is 8.45. The largest absolute Gasteiger partial charge is 0.493 e. The Hall–Kier alpha value is -1.16. The summed E-state index contributed by atoms with van der Waals surface area (Å²) in [6.45, 7) is 2.70. The van der Waals surface area contributed by atoms with E-state index in [2.05, 4.69) is 18.3 Å². The van der Waals surface area contributed by atoms with Gasteiger partial charge in [0.2, 0.25) is 5.91 Å². The molecule has 3 nitrogen and oxygen atoms in total. The first-order chi connectivity index (χ1) is 10.2. The van der Waals surface area contributed by atoms with Crippen molar-refractivity contribution in [3.63, 3.8) is 0 Å².